The zero-order valence-electron chi connectivity index (χ0n) is 15.2. The summed E-state index contributed by atoms with van der Waals surface area (Å²) >= 11 is 12.1. The quantitative estimate of drug-likeness (QED) is 0.509. The minimum atomic E-state index is -5.36. The van der Waals surface area contributed by atoms with Gasteiger partial charge in [0.1, 0.15) is 25.8 Å². The number of ether oxygens (including phenoxy) is 4. The van der Waals surface area contributed by atoms with Crippen LogP contribution in [0.5, 0.6) is 0 Å². The number of benzene rings is 1. The first kappa shape index (κ1) is 24.0. The summed E-state index contributed by atoms with van der Waals surface area (Å²) in [4.78, 5) is 3.74. The van der Waals surface area contributed by atoms with Crippen LogP contribution >= 0.6 is 23.2 Å². The van der Waals surface area contributed by atoms with Crippen molar-refractivity contribution in [3.05, 3.63) is 46.5 Å². The van der Waals surface area contributed by atoms with Crippen molar-refractivity contribution < 1.29 is 45.3 Å². The van der Waals surface area contributed by atoms with Crippen molar-refractivity contribution in [3.63, 3.8) is 0 Å². The molecule has 7 nitrogen and oxygen atoms in total. The van der Waals surface area contributed by atoms with Crippen molar-refractivity contribution in [1.82, 2.24) is 14.8 Å². The van der Waals surface area contributed by atoms with Crippen LogP contribution in [0.4, 0.5) is 26.3 Å². The summed E-state index contributed by atoms with van der Waals surface area (Å²) in [5.41, 5.74) is 0.121. The van der Waals surface area contributed by atoms with E-state index in [1.165, 1.54) is 35.5 Å². The molecule has 0 radical (unpaired) electrons. The third-order valence-corrected chi connectivity index (χ3v) is 4.57. The molecule has 1 fully saturated rings. The summed E-state index contributed by atoms with van der Waals surface area (Å²) in [6.07, 6.45) is -12.4. The number of nitrogens with zero attached hydrogens (tertiary/aromatic N) is 3. The molecule has 1 aliphatic heterocycles. The topological polar surface area (TPSA) is 67.6 Å². The highest BCUT2D eigenvalue weighted by molar-refractivity contribution is 6.35. The highest BCUT2D eigenvalue weighted by Crippen LogP contribution is 2.44. The van der Waals surface area contributed by atoms with Crippen LogP contribution in [0.2, 0.25) is 10.0 Å². The Balaban J connectivity index is 1.79. The number of hydrogen-bond donors (Lipinski definition) is 0. The highest BCUT2D eigenvalue weighted by atomic mass is 35.5. The highest BCUT2D eigenvalue weighted by Gasteiger charge is 2.55. The van der Waals surface area contributed by atoms with Gasteiger partial charge >= 0.3 is 12.5 Å². The molecule has 1 aliphatic rings. The summed E-state index contributed by atoms with van der Waals surface area (Å²) in [5.74, 6) is -1.90. The van der Waals surface area contributed by atoms with Crippen LogP contribution in [-0.2, 0) is 31.3 Å². The molecule has 0 aliphatic carbocycles. The van der Waals surface area contributed by atoms with E-state index in [1.807, 2.05) is 0 Å². The Bertz CT molecular complexity index is 889. The second-order valence-corrected chi connectivity index (χ2v) is 7.08. The SMILES string of the molecule is FC(COC(F)(F)C1COC(Cn2cncn2)(c2ccc(Cl)cc2Cl)O1)OC(F)(F)F. The van der Waals surface area contributed by atoms with E-state index >= 15 is 0 Å². The van der Waals surface area contributed by atoms with Gasteiger partial charge in [-0.25, -0.2) is 14.1 Å². The van der Waals surface area contributed by atoms with Crippen molar-refractivity contribution in [2.75, 3.05) is 13.2 Å². The molecular weight excluding hydrogens is 483 g/mol. The average Bonchev–Trinajstić information content (AvgIpc) is 3.30. The van der Waals surface area contributed by atoms with E-state index in [1.54, 1.807) is 0 Å². The van der Waals surface area contributed by atoms with Gasteiger partial charge in [-0.2, -0.15) is 13.9 Å². The van der Waals surface area contributed by atoms with E-state index in [4.69, 9.17) is 32.7 Å². The largest absolute Gasteiger partial charge is 0.525 e. The van der Waals surface area contributed by atoms with Gasteiger partial charge in [0.05, 0.1) is 11.6 Å². The Kier molecular flexibility index (Phi) is 7.03. The average molecular weight is 496 g/mol. The molecule has 0 spiro atoms. The van der Waals surface area contributed by atoms with Crippen molar-refractivity contribution in [2.45, 2.75) is 37.3 Å². The zero-order chi connectivity index (χ0) is 22.9. The second-order valence-electron chi connectivity index (χ2n) is 6.23. The summed E-state index contributed by atoms with van der Waals surface area (Å²) in [6, 6.07) is 4.14. The molecule has 2 aromatic rings. The lowest BCUT2D eigenvalue weighted by Gasteiger charge is -2.30. The lowest BCUT2D eigenvalue weighted by molar-refractivity contribution is -0.379. The second kappa shape index (κ2) is 9.08. The van der Waals surface area contributed by atoms with Gasteiger partial charge < -0.3 is 14.2 Å². The number of aromatic nitrogens is 3. The maximum absolute atomic E-state index is 14.4. The summed E-state index contributed by atoms with van der Waals surface area (Å²) in [6.45, 7) is -2.74. The van der Waals surface area contributed by atoms with Gasteiger partial charge in [0.25, 0.3) is 0 Å². The van der Waals surface area contributed by atoms with Crippen molar-refractivity contribution in [3.8, 4) is 0 Å². The van der Waals surface area contributed by atoms with E-state index in [9.17, 15) is 26.3 Å². The Morgan fingerprint density at radius 3 is 2.61 bits per heavy atom. The maximum atomic E-state index is 14.4. The molecule has 3 unspecified atom stereocenters. The van der Waals surface area contributed by atoms with Gasteiger partial charge in [-0.05, 0) is 12.1 Å². The molecule has 3 rings (SSSR count). The lowest BCUT2D eigenvalue weighted by Crippen LogP contribution is -2.42. The minimum absolute atomic E-state index is 0.0277. The fourth-order valence-electron chi connectivity index (χ4n) is 2.76. The van der Waals surface area contributed by atoms with Gasteiger partial charge in [0, 0.05) is 10.6 Å². The van der Waals surface area contributed by atoms with E-state index in [0.29, 0.717) is 0 Å². The number of alkyl halides is 6. The van der Waals surface area contributed by atoms with E-state index in [-0.39, 0.29) is 22.2 Å². The fourth-order valence-corrected chi connectivity index (χ4v) is 3.31. The van der Waals surface area contributed by atoms with Crippen LogP contribution in [0.1, 0.15) is 5.56 Å². The predicted octanol–water partition coefficient (Wildman–Crippen LogP) is 4.29. The molecule has 0 saturated carbocycles. The first-order chi connectivity index (χ1) is 14.4. The molecule has 0 amide bonds. The lowest BCUT2D eigenvalue weighted by atomic mass is 10.1. The Morgan fingerprint density at radius 2 is 2.00 bits per heavy atom. The maximum Gasteiger partial charge on any atom is 0.525 e. The summed E-state index contributed by atoms with van der Waals surface area (Å²) in [7, 11) is 0. The Hall–Kier alpha value is -1.64. The van der Waals surface area contributed by atoms with Crippen LogP contribution in [0.3, 0.4) is 0 Å². The molecule has 3 atom stereocenters. The van der Waals surface area contributed by atoms with Crippen LogP contribution in [0, 0.1) is 0 Å². The molecule has 0 bridgehead atoms. The zero-order valence-corrected chi connectivity index (χ0v) is 16.7. The molecule has 1 saturated heterocycles. The Labute approximate surface area is 180 Å². The fraction of sp³-hybridized carbons (Fsp3) is 0.500. The van der Waals surface area contributed by atoms with Gasteiger partial charge in [-0.15, -0.1) is 13.2 Å². The van der Waals surface area contributed by atoms with E-state index in [0.717, 1.165) is 0 Å². The molecule has 2 heterocycles. The normalized spacial score (nSPS) is 23.3. The molecular formula is C16H13Cl2F6N3O4. The molecule has 0 N–H and O–H groups in total. The van der Waals surface area contributed by atoms with Gasteiger partial charge in [0.15, 0.2) is 6.10 Å². The van der Waals surface area contributed by atoms with Gasteiger partial charge in [0.2, 0.25) is 12.1 Å². The van der Waals surface area contributed by atoms with Crippen LogP contribution in [0.15, 0.2) is 30.9 Å². The van der Waals surface area contributed by atoms with E-state index < -0.39 is 43.9 Å². The van der Waals surface area contributed by atoms with Crippen LogP contribution < -0.4 is 0 Å². The first-order valence-corrected chi connectivity index (χ1v) is 9.16. The molecule has 15 heteroatoms. The first-order valence-electron chi connectivity index (χ1n) is 8.40. The minimum Gasteiger partial charge on any atom is -0.341 e. The van der Waals surface area contributed by atoms with Crippen molar-refractivity contribution >= 4 is 23.2 Å². The smallest absolute Gasteiger partial charge is 0.341 e. The third-order valence-electron chi connectivity index (χ3n) is 4.02. The predicted molar refractivity (Wildman–Crippen MR) is 91.9 cm³/mol. The van der Waals surface area contributed by atoms with Crippen LogP contribution in [0.25, 0.3) is 0 Å². The monoisotopic (exact) mass is 495 g/mol. The third kappa shape index (κ3) is 5.99. The molecule has 31 heavy (non-hydrogen) atoms. The van der Waals surface area contributed by atoms with Crippen molar-refractivity contribution in [1.29, 1.82) is 0 Å². The summed E-state index contributed by atoms with van der Waals surface area (Å²) in [5, 5.41) is 4.15. The standard InChI is InChI=1S/C16H13Cl2F6N3O4/c17-9-1-2-10(11(18)3-9)14(6-27-8-25-7-26-27)28-4-12(30-14)15(20,21)29-5-13(19)31-16(22,23)24/h1-3,7-8,12-13H,4-6H2. The van der Waals surface area contributed by atoms with E-state index in [2.05, 4.69) is 19.6 Å². The van der Waals surface area contributed by atoms with Gasteiger partial charge in [-0.3, -0.25) is 4.74 Å². The van der Waals surface area contributed by atoms with Crippen LogP contribution in [-0.4, -0.2) is 52.9 Å². The number of halogens is 8. The number of hydrogen-bond acceptors (Lipinski definition) is 6. The Morgan fingerprint density at radius 1 is 1.26 bits per heavy atom. The number of rotatable bonds is 8. The molecule has 172 valence electrons. The van der Waals surface area contributed by atoms with Crippen molar-refractivity contribution in [2.24, 2.45) is 0 Å². The summed E-state index contributed by atoms with van der Waals surface area (Å²) < 4.78 is 97.0. The molecule has 1 aromatic carbocycles. The van der Waals surface area contributed by atoms with Gasteiger partial charge in [-0.1, -0.05) is 29.3 Å². The molecule has 1 aromatic heterocycles.